The molecule has 0 bridgehead atoms. The van der Waals surface area contributed by atoms with E-state index in [4.69, 9.17) is 9.73 Å². The minimum atomic E-state index is 0. The Morgan fingerprint density at radius 3 is 2.86 bits per heavy atom. The highest BCUT2D eigenvalue weighted by atomic mass is 127. The van der Waals surface area contributed by atoms with Gasteiger partial charge < -0.3 is 15.0 Å². The Bertz CT molecular complexity index is 477. The molecule has 0 saturated carbocycles. The summed E-state index contributed by atoms with van der Waals surface area (Å²) < 4.78 is 5.60. The van der Waals surface area contributed by atoms with Crippen molar-refractivity contribution in [3.05, 3.63) is 29.8 Å². The number of nitrogens with zero attached hydrogens (tertiary/aromatic N) is 2. The van der Waals surface area contributed by atoms with Gasteiger partial charge in [0.15, 0.2) is 5.96 Å². The van der Waals surface area contributed by atoms with Crippen LogP contribution in [0.1, 0.15) is 26.3 Å². The first-order valence-corrected chi connectivity index (χ1v) is 7.94. The molecule has 0 spiro atoms. The van der Waals surface area contributed by atoms with Crippen LogP contribution in [-0.4, -0.2) is 38.8 Å². The highest BCUT2D eigenvalue weighted by Gasteiger charge is 2.22. The molecule has 0 atom stereocenters. The first kappa shape index (κ1) is 19.2. The molecule has 0 radical (unpaired) electrons. The normalized spacial score (nSPS) is 14.0. The van der Waals surface area contributed by atoms with Gasteiger partial charge in [0.05, 0.1) is 13.2 Å². The van der Waals surface area contributed by atoms with Gasteiger partial charge >= 0.3 is 0 Å². The van der Waals surface area contributed by atoms with E-state index in [1.54, 1.807) is 0 Å². The van der Waals surface area contributed by atoms with Gasteiger partial charge in [-0.1, -0.05) is 32.0 Å². The van der Waals surface area contributed by atoms with E-state index in [0.717, 1.165) is 32.1 Å². The second-order valence-corrected chi connectivity index (χ2v) is 5.73. The molecule has 0 aromatic heterocycles. The molecule has 1 aromatic rings. The van der Waals surface area contributed by atoms with Crippen molar-refractivity contribution in [1.29, 1.82) is 0 Å². The number of ether oxygens (including phenoxy) is 1. The molecule has 0 fully saturated rings. The fourth-order valence-corrected chi connectivity index (χ4v) is 2.49. The molecule has 1 N–H and O–H groups in total. The van der Waals surface area contributed by atoms with Crippen LogP contribution in [0.3, 0.4) is 0 Å². The third-order valence-corrected chi connectivity index (χ3v) is 3.43. The number of fused-ring (bicyclic) bond motifs is 1. The van der Waals surface area contributed by atoms with Gasteiger partial charge in [0, 0.05) is 25.4 Å². The lowest BCUT2D eigenvalue weighted by molar-refractivity contribution is 0.117. The maximum Gasteiger partial charge on any atom is 0.198 e. The molecule has 1 aliphatic rings. The number of benzene rings is 1. The van der Waals surface area contributed by atoms with Crippen LogP contribution in [-0.2, 0) is 11.2 Å². The minimum Gasteiger partial charge on any atom is -0.379 e. The Labute approximate surface area is 151 Å². The Morgan fingerprint density at radius 1 is 1.36 bits per heavy atom. The van der Waals surface area contributed by atoms with Gasteiger partial charge in [0.1, 0.15) is 0 Å². The first-order chi connectivity index (χ1) is 10.2. The van der Waals surface area contributed by atoms with Crippen molar-refractivity contribution in [3.8, 4) is 0 Å². The lowest BCUT2D eigenvalue weighted by Crippen LogP contribution is -2.40. The summed E-state index contributed by atoms with van der Waals surface area (Å²) in [6.07, 6.45) is 1.09. The van der Waals surface area contributed by atoms with Crippen LogP contribution >= 0.6 is 24.0 Å². The third-order valence-electron chi connectivity index (χ3n) is 3.43. The van der Waals surface area contributed by atoms with E-state index in [2.05, 4.69) is 55.3 Å². The quantitative estimate of drug-likeness (QED) is 0.334. The number of anilines is 1. The topological polar surface area (TPSA) is 36.9 Å². The van der Waals surface area contributed by atoms with E-state index in [-0.39, 0.29) is 24.0 Å². The molecule has 0 amide bonds. The number of hydrogen-bond donors (Lipinski definition) is 1. The molecule has 22 heavy (non-hydrogen) atoms. The van der Waals surface area contributed by atoms with Crippen molar-refractivity contribution >= 4 is 35.6 Å². The van der Waals surface area contributed by atoms with Crippen molar-refractivity contribution in [2.75, 3.05) is 37.7 Å². The summed E-state index contributed by atoms with van der Waals surface area (Å²) in [4.78, 5) is 6.98. The Balaban J connectivity index is 0.00000242. The van der Waals surface area contributed by atoms with Crippen molar-refractivity contribution in [1.82, 2.24) is 5.32 Å². The van der Waals surface area contributed by atoms with E-state index in [9.17, 15) is 0 Å². The minimum absolute atomic E-state index is 0. The molecule has 1 heterocycles. The maximum absolute atomic E-state index is 5.60. The Kier molecular flexibility index (Phi) is 8.78. The molecular formula is C17H28IN3O. The van der Waals surface area contributed by atoms with E-state index in [0.29, 0.717) is 19.1 Å². The first-order valence-electron chi connectivity index (χ1n) is 7.94. The van der Waals surface area contributed by atoms with Crippen LogP contribution in [0.5, 0.6) is 0 Å². The smallest absolute Gasteiger partial charge is 0.198 e. The van der Waals surface area contributed by atoms with Gasteiger partial charge in [0.25, 0.3) is 0 Å². The number of aliphatic imine (C=N–C) groups is 1. The second kappa shape index (κ2) is 10.0. The summed E-state index contributed by atoms with van der Waals surface area (Å²) in [6.45, 7) is 10.5. The predicted molar refractivity (Wildman–Crippen MR) is 105 cm³/mol. The summed E-state index contributed by atoms with van der Waals surface area (Å²) in [6, 6.07) is 8.56. The average molecular weight is 417 g/mol. The van der Waals surface area contributed by atoms with Crippen molar-refractivity contribution in [2.45, 2.75) is 27.2 Å². The standard InChI is InChI=1S/C17H27N3O.HI/c1-4-18-17(19-10-12-21-13-14(2)3)20-11-9-15-7-5-6-8-16(15)20;/h5-8,14H,4,9-13H2,1-3H3,(H,18,19);1H. The van der Waals surface area contributed by atoms with Crippen molar-refractivity contribution < 1.29 is 4.74 Å². The van der Waals surface area contributed by atoms with Gasteiger partial charge in [-0.05, 0) is 30.9 Å². The van der Waals surface area contributed by atoms with E-state index in [1.165, 1.54) is 11.3 Å². The largest absolute Gasteiger partial charge is 0.379 e. The molecule has 1 aromatic carbocycles. The summed E-state index contributed by atoms with van der Waals surface area (Å²) >= 11 is 0. The van der Waals surface area contributed by atoms with E-state index in [1.807, 2.05) is 0 Å². The SMILES string of the molecule is CCNC(=NCCOCC(C)C)N1CCc2ccccc21.I. The zero-order valence-electron chi connectivity index (χ0n) is 13.8. The Morgan fingerprint density at radius 2 is 2.14 bits per heavy atom. The third kappa shape index (κ3) is 5.43. The molecule has 2 rings (SSSR count). The molecule has 124 valence electrons. The number of halogens is 1. The highest BCUT2D eigenvalue weighted by Crippen LogP contribution is 2.27. The molecule has 1 aliphatic heterocycles. The van der Waals surface area contributed by atoms with Crippen LogP contribution in [0, 0.1) is 5.92 Å². The molecule has 0 saturated heterocycles. The summed E-state index contributed by atoms with van der Waals surface area (Å²) in [5, 5.41) is 3.39. The van der Waals surface area contributed by atoms with Crippen molar-refractivity contribution in [2.24, 2.45) is 10.9 Å². The zero-order chi connectivity index (χ0) is 15.1. The number of guanidine groups is 1. The van der Waals surface area contributed by atoms with Gasteiger partial charge in [-0.2, -0.15) is 0 Å². The lowest BCUT2D eigenvalue weighted by atomic mass is 10.2. The van der Waals surface area contributed by atoms with Gasteiger partial charge in [-0.25, -0.2) is 0 Å². The summed E-state index contributed by atoms with van der Waals surface area (Å²) in [5.74, 6) is 1.54. The average Bonchev–Trinajstić information content (AvgIpc) is 2.89. The molecular weight excluding hydrogens is 389 g/mol. The number of nitrogens with one attached hydrogen (secondary N) is 1. The molecule has 5 heteroatoms. The maximum atomic E-state index is 5.60. The highest BCUT2D eigenvalue weighted by molar-refractivity contribution is 14.0. The van der Waals surface area contributed by atoms with Gasteiger partial charge in [-0.3, -0.25) is 4.99 Å². The van der Waals surface area contributed by atoms with Gasteiger partial charge in [-0.15, -0.1) is 24.0 Å². The number of rotatable bonds is 6. The number of para-hydroxylation sites is 1. The summed E-state index contributed by atoms with van der Waals surface area (Å²) in [7, 11) is 0. The monoisotopic (exact) mass is 417 g/mol. The van der Waals surface area contributed by atoms with Crippen LogP contribution in [0.15, 0.2) is 29.3 Å². The van der Waals surface area contributed by atoms with Gasteiger partial charge in [0.2, 0.25) is 0 Å². The molecule has 0 aliphatic carbocycles. The summed E-state index contributed by atoms with van der Waals surface area (Å²) in [5.41, 5.74) is 2.68. The van der Waals surface area contributed by atoms with Crippen LogP contribution < -0.4 is 10.2 Å². The van der Waals surface area contributed by atoms with Crippen LogP contribution in [0.25, 0.3) is 0 Å². The fraction of sp³-hybridized carbons (Fsp3) is 0.588. The Hall–Kier alpha value is -0.820. The van der Waals surface area contributed by atoms with E-state index < -0.39 is 0 Å². The van der Waals surface area contributed by atoms with E-state index >= 15 is 0 Å². The lowest BCUT2D eigenvalue weighted by Gasteiger charge is -2.22. The predicted octanol–water partition coefficient (Wildman–Crippen LogP) is 3.31. The zero-order valence-corrected chi connectivity index (χ0v) is 16.2. The van der Waals surface area contributed by atoms with Crippen molar-refractivity contribution in [3.63, 3.8) is 0 Å². The van der Waals surface area contributed by atoms with Crippen LogP contribution in [0.4, 0.5) is 5.69 Å². The second-order valence-electron chi connectivity index (χ2n) is 5.73. The number of hydrogen-bond acceptors (Lipinski definition) is 2. The van der Waals surface area contributed by atoms with Crippen LogP contribution in [0.2, 0.25) is 0 Å². The fourth-order valence-electron chi connectivity index (χ4n) is 2.49. The molecule has 4 nitrogen and oxygen atoms in total. The molecule has 0 unspecified atom stereocenters.